The Balaban J connectivity index is 1.72. The summed E-state index contributed by atoms with van der Waals surface area (Å²) in [7, 11) is 1.67. The monoisotopic (exact) mass is 306 g/mol. The normalized spacial score (nSPS) is 20.5. The highest BCUT2D eigenvalue weighted by atomic mass is 16.5. The Bertz CT molecular complexity index is 622. The third-order valence-electron chi connectivity index (χ3n) is 4.50. The molecule has 0 bridgehead atoms. The van der Waals surface area contributed by atoms with Crippen molar-refractivity contribution in [3.8, 4) is 0 Å². The number of morpholine rings is 1. The molecule has 1 atom stereocenters. The number of hydrogen-bond acceptors (Lipinski definition) is 5. The maximum atomic E-state index is 12.6. The molecule has 1 aromatic heterocycles. The predicted octanol–water partition coefficient (Wildman–Crippen LogP) is -0.614. The number of hydrogen-bond donors (Lipinski definition) is 0. The molecule has 120 valence electrons. The second-order valence-corrected chi connectivity index (χ2v) is 5.91. The van der Waals surface area contributed by atoms with E-state index in [1.54, 1.807) is 13.1 Å². The molecule has 2 aliphatic rings. The largest absolute Gasteiger partial charge is 0.378 e. The van der Waals surface area contributed by atoms with Gasteiger partial charge < -0.3 is 9.64 Å². The standard InChI is InChI=1S/C15H22N4O3/c1-11(15(21)18-5-7-22-8-6-18)19-4-3-13-12(10-19)9-14(20)17(2)16-13/h9,11H,3-8,10H2,1-2H3/t11-/m0/s1. The zero-order valence-corrected chi connectivity index (χ0v) is 13.1. The molecular formula is C15H22N4O3. The van der Waals surface area contributed by atoms with Crippen LogP contribution in [0.1, 0.15) is 18.2 Å². The van der Waals surface area contributed by atoms with Gasteiger partial charge >= 0.3 is 0 Å². The van der Waals surface area contributed by atoms with Gasteiger partial charge in [-0.2, -0.15) is 5.10 Å². The van der Waals surface area contributed by atoms with Crippen molar-refractivity contribution in [1.29, 1.82) is 0 Å². The third-order valence-corrected chi connectivity index (χ3v) is 4.50. The number of nitrogens with zero attached hydrogens (tertiary/aromatic N) is 4. The van der Waals surface area contributed by atoms with Gasteiger partial charge in [0.05, 0.1) is 24.9 Å². The van der Waals surface area contributed by atoms with Gasteiger partial charge in [0.2, 0.25) is 5.91 Å². The van der Waals surface area contributed by atoms with E-state index in [1.807, 2.05) is 11.8 Å². The van der Waals surface area contributed by atoms with Crippen LogP contribution < -0.4 is 5.56 Å². The van der Waals surface area contributed by atoms with Crippen molar-refractivity contribution in [3.63, 3.8) is 0 Å². The van der Waals surface area contributed by atoms with Crippen molar-refractivity contribution in [3.05, 3.63) is 27.7 Å². The molecule has 0 aromatic carbocycles. The lowest BCUT2D eigenvalue weighted by Crippen LogP contribution is -2.51. The number of aryl methyl sites for hydroxylation is 1. The van der Waals surface area contributed by atoms with E-state index in [2.05, 4.69) is 10.00 Å². The van der Waals surface area contributed by atoms with Gasteiger partial charge in [-0.05, 0) is 12.5 Å². The fourth-order valence-electron chi connectivity index (χ4n) is 3.05. The first-order valence-corrected chi connectivity index (χ1v) is 7.73. The van der Waals surface area contributed by atoms with Gasteiger partial charge in [0.15, 0.2) is 0 Å². The second kappa shape index (κ2) is 6.18. The minimum absolute atomic E-state index is 0.104. The van der Waals surface area contributed by atoms with Crippen molar-refractivity contribution in [2.75, 3.05) is 32.8 Å². The highest BCUT2D eigenvalue weighted by molar-refractivity contribution is 5.81. The highest BCUT2D eigenvalue weighted by Gasteiger charge is 2.30. The van der Waals surface area contributed by atoms with Crippen LogP contribution in [-0.2, 0) is 29.5 Å². The van der Waals surface area contributed by atoms with Gasteiger partial charge in [0, 0.05) is 45.7 Å². The van der Waals surface area contributed by atoms with Gasteiger partial charge in [-0.25, -0.2) is 4.68 Å². The fourth-order valence-corrected chi connectivity index (χ4v) is 3.05. The third kappa shape index (κ3) is 2.91. The van der Waals surface area contributed by atoms with Crippen LogP contribution in [0.5, 0.6) is 0 Å². The molecule has 0 radical (unpaired) electrons. The molecular weight excluding hydrogens is 284 g/mol. The minimum Gasteiger partial charge on any atom is -0.378 e. The molecule has 1 fully saturated rings. The van der Waals surface area contributed by atoms with Crippen LogP contribution in [0.3, 0.4) is 0 Å². The summed E-state index contributed by atoms with van der Waals surface area (Å²) in [6, 6.07) is 1.45. The SMILES string of the molecule is C[C@@H](C(=O)N1CCOCC1)N1CCc2nn(C)c(=O)cc2C1. The summed E-state index contributed by atoms with van der Waals surface area (Å²) in [5.41, 5.74) is 1.80. The van der Waals surface area contributed by atoms with Gasteiger partial charge in [-0.1, -0.05) is 0 Å². The van der Waals surface area contributed by atoms with Gasteiger partial charge in [-0.15, -0.1) is 0 Å². The van der Waals surface area contributed by atoms with Crippen molar-refractivity contribution < 1.29 is 9.53 Å². The topological polar surface area (TPSA) is 67.7 Å². The Morgan fingerprint density at radius 1 is 1.32 bits per heavy atom. The molecule has 3 rings (SSSR count). The molecule has 0 unspecified atom stereocenters. The summed E-state index contributed by atoms with van der Waals surface area (Å²) in [6.07, 6.45) is 0.768. The molecule has 1 saturated heterocycles. The molecule has 0 saturated carbocycles. The van der Waals surface area contributed by atoms with E-state index in [1.165, 1.54) is 4.68 Å². The number of amides is 1. The van der Waals surface area contributed by atoms with E-state index in [-0.39, 0.29) is 17.5 Å². The number of carbonyl (C=O) groups is 1. The molecule has 7 heteroatoms. The zero-order chi connectivity index (χ0) is 15.7. The van der Waals surface area contributed by atoms with Gasteiger partial charge in [0.25, 0.3) is 5.56 Å². The summed E-state index contributed by atoms with van der Waals surface area (Å²) in [5, 5.41) is 4.31. The molecule has 1 aromatic rings. The number of rotatable bonds is 2. The highest BCUT2D eigenvalue weighted by Crippen LogP contribution is 2.18. The molecule has 22 heavy (non-hydrogen) atoms. The molecule has 0 aliphatic carbocycles. The Kier molecular flexibility index (Phi) is 4.26. The molecule has 7 nitrogen and oxygen atoms in total. The number of aromatic nitrogens is 2. The summed E-state index contributed by atoms with van der Waals surface area (Å²) in [6.45, 7) is 5.89. The smallest absolute Gasteiger partial charge is 0.266 e. The van der Waals surface area contributed by atoms with Crippen molar-refractivity contribution in [1.82, 2.24) is 19.6 Å². The Hall–Kier alpha value is -1.73. The van der Waals surface area contributed by atoms with Crippen LogP contribution in [0, 0.1) is 0 Å². The van der Waals surface area contributed by atoms with E-state index in [0.29, 0.717) is 32.8 Å². The second-order valence-electron chi connectivity index (χ2n) is 5.91. The van der Waals surface area contributed by atoms with Crippen LogP contribution in [0.2, 0.25) is 0 Å². The van der Waals surface area contributed by atoms with E-state index in [9.17, 15) is 9.59 Å². The molecule has 2 aliphatic heterocycles. The molecule has 3 heterocycles. The average Bonchev–Trinajstić information content (AvgIpc) is 2.55. The average molecular weight is 306 g/mol. The Morgan fingerprint density at radius 2 is 2.05 bits per heavy atom. The van der Waals surface area contributed by atoms with E-state index >= 15 is 0 Å². The molecule has 0 N–H and O–H groups in total. The number of ether oxygens (including phenoxy) is 1. The fraction of sp³-hybridized carbons (Fsp3) is 0.667. The quantitative estimate of drug-likeness (QED) is 0.729. The van der Waals surface area contributed by atoms with E-state index in [4.69, 9.17) is 4.74 Å². The van der Waals surface area contributed by atoms with Crippen LogP contribution in [0.4, 0.5) is 0 Å². The van der Waals surface area contributed by atoms with Crippen molar-refractivity contribution in [2.45, 2.75) is 25.9 Å². The summed E-state index contributed by atoms with van der Waals surface area (Å²) < 4.78 is 6.66. The Labute approximate surface area is 129 Å². The summed E-state index contributed by atoms with van der Waals surface area (Å²) in [5.74, 6) is 0.142. The first-order valence-electron chi connectivity index (χ1n) is 7.73. The van der Waals surface area contributed by atoms with Gasteiger partial charge in [-0.3, -0.25) is 14.5 Å². The first-order chi connectivity index (χ1) is 10.6. The molecule has 1 amide bonds. The number of fused-ring (bicyclic) bond motifs is 1. The van der Waals surface area contributed by atoms with Crippen molar-refractivity contribution >= 4 is 5.91 Å². The maximum absolute atomic E-state index is 12.6. The minimum atomic E-state index is -0.185. The van der Waals surface area contributed by atoms with Crippen molar-refractivity contribution in [2.24, 2.45) is 7.05 Å². The lowest BCUT2D eigenvalue weighted by atomic mass is 10.0. The predicted molar refractivity (Wildman–Crippen MR) is 80.5 cm³/mol. The van der Waals surface area contributed by atoms with Gasteiger partial charge in [0.1, 0.15) is 0 Å². The molecule has 0 spiro atoms. The zero-order valence-electron chi connectivity index (χ0n) is 13.1. The van der Waals surface area contributed by atoms with E-state index < -0.39 is 0 Å². The van der Waals surface area contributed by atoms with E-state index in [0.717, 1.165) is 24.2 Å². The first kappa shape index (κ1) is 15.2. The van der Waals surface area contributed by atoms with Crippen LogP contribution in [0.15, 0.2) is 10.9 Å². The lowest BCUT2D eigenvalue weighted by Gasteiger charge is -2.36. The van der Waals surface area contributed by atoms with Crippen LogP contribution in [-0.4, -0.2) is 64.4 Å². The van der Waals surface area contributed by atoms with Crippen LogP contribution >= 0.6 is 0 Å². The lowest BCUT2D eigenvalue weighted by molar-refractivity contribution is -0.140. The Morgan fingerprint density at radius 3 is 2.77 bits per heavy atom. The summed E-state index contributed by atoms with van der Waals surface area (Å²) in [4.78, 5) is 28.3. The maximum Gasteiger partial charge on any atom is 0.266 e. The number of carbonyl (C=O) groups excluding carboxylic acids is 1. The van der Waals surface area contributed by atoms with Crippen LogP contribution in [0.25, 0.3) is 0 Å². The summed E-state index contributed by atoms with van der Waals surface area (Å²) >= 11 is 0.